The van der Waals surface area contributed by atoms with E-state index in [9.17, 15) is 4.79 Å². The van der Waals surface area contributed by atoms with Crippen LogP contribution in [-0.4, -0.2) is 59.9 Å². The van der Waals surface area contributed by atoms with Crippen LogP contribution in [0.3, 0.4) is 0 Å². The van der Waals surface area contributed by atoms with Crippen molar-refractivity contribution in [1.82, 2.24) is 10.2 Å². The minimum Gasteiger partial charge on any atom is -0.372 e. The molecule has 2 fully saturated rings. The Kier molecular flexibility index (Phi) is 4.66. The first-order valence-electron chi connectivity index (χ1n) is 7.96. The lowest BCUT2D eigenvalue weighted by Gasteiger charge is -2.36. The van der Waals surface area contributed by atoms with Crippen molar-refractivity contribution >= 4 is 5.91 Å². The second-order valence-corrected chi connectivity index (χ2v) is 7.66. The molecule has 122 valence electrons. The Hall–Kier alpha value is -0.650. The Morgan fingerprint density at radius 1 is 1.19 bits per heavy atom. The van der Waals surface area contributed by atoms with Crippen molar-refractivity contribution < 1.29 is 14.3 Å². The Balaban J connectivity index is 1.87. The van der Waals surface area contributed by atoms with Crippen LogP contribution in [0.2, 0.25) is 0 Å². The maximum atomic E-state index is 12.4. The van der Waals surface area contributed by atoms with Crippen molar-refractivity contribution in [3.63, 3.8) is 0 Å². The molecular formula is C16H30N2O3. The SMILES string of the molecule is CC1CN(C(=O)CNC2CC(C)(C)OC2(C)C)CC(C)O1. The molecule has 2 aliphatic rings. The van der Waals surface area contributed by atoms with E-state index in [2.05, 4.69) is 33.0 Å². The summed E-state index contributed by atoms with van der Waals surface area (Å²) in [6.45, 7) is 14.1. The van der Waals surface area contributed by atoms with Crippen LogP contribution in [0.15, 0.2) is 0 Å². The lowest BCUT2D eigenvalue weighted by atomic mass is 9.94. The van der Waals surface area contributed by atoms with Gasteiger partial charge in [-0.1, -0.05) is 0 Å². The largest absolute Gasteiger partial charge is 0.372 e. The van der Waals surface area contributed by atoms with Gasteiger partial charge in [0, 0.05) is 19.1 Å². The van der Waals surface area contributed by atoms with Crippen molar-refractivity contribution in [3.8, 4) is 0 Å². The van der Waals surface area contributed by atoms with E-state index in [1.165, 1.54) is 0 Å². The maximum Gasteiger partial charge on any atom is 0.236 e. The summed E-state index contributed by atoms with van der Waals surface area (Å²) < 4.78 is 11.7. The Bertz CT molecular complexity index is 385. The molecule has 3 unspecified atom stereocenters. The van der Waals surface area contributed by atoms with E-state index in [0.29, 0.717) is 19.6 Å². The van der Waals surface area contributed by atoms with Crippen LogP contribution in [0, 0.1) is 0 Å². The molecular weight excluding hydrogens is 268 g/mol. The van der Waals surface area contributed by atoms with E-state index in [4.69, 9.17) is 9.47 Å². The van der Waals surface area contributed by atoms with E-state index in [1.807, 2.05) is 18.7 Å². The Labute approximate surface area is 128 Å². The van der Waals surface area contributed by atoms with E-state index in [1.54, 1.807) is 0 Å². The number of carbonyl (C=O) groups is 1. The van der Waals surface area contributed by atoms with Crippen molar-refractivity contribution in [2.75, 3.05) is 19.6 Å². The first kappa shape index (κ1) is 16.7. The highest BCUT2D eigenvalue weighted by Gasteiger charge is 2.45. The molecule has 2 heterocycles. The van der Waals surface area contributed by atoms with Gasteiger partial charge in [-0.25, -0.2) is 0 Å². The summed E-state index contributed by atoms with van der Waals surface area (Å²) in [6.07, 6.45) is 1.15. The number of amides is 1. The lowest BCUT2D eigenvalue weighted by molar-refractivity contribution is -0.142. The van der Waals surface area contributed by atoms with Crippen LogP contribution >= 0.6 is 0 Å². The van der Waals surface area contributed by atoms with Crippen LogP contribution in [0.25, 0.3) is 0 Å². The molecule has 2 saturated heterocycles. The fourth-order valence-corrected chi connectivity index (χ4v) is 3.58. The molecule has 21 heavy (non-hydrogen) atoms. The quantitative estimate of drug-likeness (QED) is 0.859. The molecule has 0 radical (unpaired) electrons. The summed E-state index contributed by atoms with van der Waals surface area (Å²) in [6, 6.07) is 0.201. The lowest BCUT2D eigenvalue weighted by Crippen LogP contribution is -2.53. The Morgan fingerprint density at radius 2 is 1.76 bits per heavy atom. The standard InChI is InChI=1S/C16H30N2O3/c1-11-9-18(10-12(2)20-11)14(19)8-17-13-7-15(3,4)21-16(13,5)6/h11-13,17H,7-10H2,1-6H3. The second kappa shape index (κ2) is 5.86. The van der Waals surface area contributed by atoms with Gasteiger partial charge in [-0.2, -0.15) is 0 Å². The first-order valence-corrected chi connectivity index (χ1v) is 7.96. The molecule has 0 spiro atoms. The molecule has 2 rings (SSSR count). The van der Waals surface area contributed by atoms with Crippen molar-refractivity contribution in [2.45, 2.75) is 77.4 Å². The molecule has 0 aromatic heterocycles. The number of rotatable bonds is 3. The number of nitrogens with one attached hydrogen (secondary N) is 1. The third-order valence-electron chi connectivity index (χ3n) is 4.35. The summed E-state index contributed by atoms with van der Waals surface area (Å²) in [5, 5.41) is 3.40. The number of hydrogen-bond acceptors (Lipinski definition) is 4. The summed E-state index contributed by atoms with van der Waals surface area (Å²) >= 11 is 0. The number of ether oxygens (including phenoxy) is 2. The number of hydrogen-bond donors (Lipinski definition) is 1. The molecule has 0 aromatic rings. The minimum atomic E-state index is -0.241. The molecule has 1 N–H and O–H groups in total. The zero-order valence-electron chi connectivity index (χ0n) is 14.2. The summed E-state index contributed by atoms with van der Waals surface area (Å²) in [5.41, 5.74) is -0.373. The number of morpholine rings is 1. The smallest absolute Gasteiger partial charge is 0.236 e. The van der Waals surface area contributed by atoms with Crippen LogP contribution in [0.1, 0.15) is 48.0 Å². The van der Waals surface area contributed by atoms with E-state index in [0.717, 1.165) is 6.42 Å². The van der Waals surface area contributed by atoms with Crippen LogP contribution < -0.4 is 5.32 Å². The molecule has 0 saturated carbocycles. The maximum absolute atomic E-state index is 12.4. The van der Waals surface area contributed by atoms with Gasteiger partial charge in [-0.05, 0) is 48.0 Å². The van der Waals surface area contributed by atoms with Gasteiger partial charge >= 0.3 is 0 Å². The van der Waals surface area contributed by atoms with Gasteiger partial charge < -0.3 is 19.7 Å². The molecule has 5 nitrogen and oxygen atoms in total. The second-order valence-electron chi connectivity index (χ2n) is 7.66. The third-order valence-corrected chi connectivity index (χ3v) is 4.35. The molecule has 5 heteroatoms. The number of nitrogens with zero attached hydrogens (tertiary/aromatic N) is 1. The fourth-order valence-electron chi connectivity index (χ4n) is 3.58. The first-order chi connectivity index (χ1) is 9.59. The van der Waals surface area contributed by atoms with Gasteiger partial charge in [-0.3, -0.25) is 4.79 Å². The monoisotopic (exact) mass is 298 g/mol. The van der Waals surface area contributed by atoms with Crippen LogP contribution in [0.4, 0.5) is 0 Å². The molecule has 0 aliphatic carbocycles. The van der Waals surface area contributed by atoms with E-state index < -0.39 is 0 Å². The highest BCUT2D eigenvalue weighted by Crippen LogP contribution is 2.37. The van der Waals surface area contributed by atoms with Gasteiger partial charge in [0.2, 0.25) is 5.91 Å². The average molecular weight is 298 g/mol. The van der Waals surface area contributed by atoms with Crippen LogP contribution in [0.5, 0.6) is 0 Å². The topological polar surface area (TPSA) is 50.8 Å². The van der Waals surface area contributed by atoms with Crippen molar-refractivity contribution in [2.24, 2.45) is 0 Å². The zero-order chi connectivity index (χ0) is 15.8. The summed E-state index contributed by atoms with van der Waals surface area (Å²) in [4.78, 5) is 14.3. The van der Waals surface area contributed by atoms with Gasteiger partial charge in [0.15, 0.2) is 0 Å². The van der Waals surface area contributed by atoms with Crippen molar-refractivity contribution in [1.29, 1.82) is 0 Å². The van der Waals surface area contributed by atoms with Gasteiger partial charge in [-0.15, -0.1) is 0 Å². The van der Waals surface area contributed by atoms with Crippen molar-refractivity contribution in [3.05, 3.63) is 0 Å². The highest BCUT2D eigenvalue weighted by atomic mass is 16.5. The molecule has 0 aromatic carbocycles. The normalized spacial score (nSPS) is 35.0. The Morgan fingerprint density at radius 3 is 2.24 bits per heavy atom. The van der Waals surface area contributed by atoms with Gasteiger partial charge in [0.25, 0.3) is 0 Å². The van der Waals surface area contributed by atoms with Gasteiger partial charge in [0.05, 0.1) is 30.0 Å². The minimum absolute atomic E-state index is 0.114. The highest BCUT2D eigenvalue weighted by molar-refractivity contribution is 5.78. The summed E-state index contributed by atoms with van der Waals surface area (Å²) in [5.74, 6) is 0.150. The average Bonchev–Trinajstić information content (AvgIpc) is 2.52. The molecule has 0 bridgehead atoms. The third kappa shape index (κ3) is 4.18. The molecule has 1 amide bonds. The van der Waals surface area contributed by atoms with Crippen LogP contribution in [-0.2, 0) is 14.3 Å². The fraction of sp³-hybridized carbons (Fsp3) is 0.938. The number of carbonyl (C=O) groups excluding carboxylic acids is 1. The van der Waals surface area contributed by atoms with E-state index >= 15 is 0 Å². The molecule has 2 aliphatic heterocycles. The van der Waals surface area contributed by atoms with Gasteiger partial charge in [0.1, 0.15) is 0 Å². The predicted molar refractivity (Wildman–Crippen MR) is 82.2 cm³/mol. The predicted octanol–water partition coefficient (Wildman–Crippen LogP) is 1.56. The molecule has 3 atom stereocenters. The van der Waals surface area contributed by atoms with E-state index in [-0.39, 0.29) is 35.4 Å². The zero-order valence-corrected chi connectivity index (χ0v) is 14.2. The summed E-state index contributed by atoms with van der Waals surface area (Å²) in [7, 11) is 0.